The highest BCUT2D eigenvalue weighted by Crippen LogP contribution is 2.81. The van der Waals surface area contributed by atoms with E-state index >= 15 is 0 Å². The Kier molecular flexibility index (Phi) is 4.45. The molecule has 1 N–H and O–H groups in total. The van der Waals surface area contributed by atoms with Gasteiger partial charge in [0.1, 0.15) is 0 Å². The van der Waals surface area contributed by atoms with Gasteiger partial charge in [-0.25, -0.2) is 0 Å². The maximum Gasteiger partial charge on any atom is 0.424 e. The molecule has 2 aromatic rings. The standard InChI is InChI=1S/C12H10F5N4P3/c13-22(14)19-23(15,16)21-24(17,20-22)18-12-8-6-11(7-9-12)10-4-2-1-3-5-10/h1-9,18H. The number of nitrogens with one attached hydrogen (secondary N) is 1. The molecule has 1 heterocycles. The fourth-order valence-corrected chi connectivity index (χ4v) is 7.59. The van der Waals surface area contributed by atoms with Crippen LogP contribution in [-0.2, 0) is 0 Å². The molecule has 1 atom stereocenters. The summed E-state index contributed by atoms with van der Waals surface area (Å²) in [7, 11) is -16.3. The first-order valence-electron chi connectivity index (χ1n) is 6.50. The van der Waals surface area contributed by atoms with Gasteiger partial charge in [0.15, 0.2) is 0 Å². The van der Waals surface area contributed by atoms with E-state index in [0.717, 1.165) is 11.1 Å². The lowest BCUT2D eigenvalue weighted by Crippen LogP contribution is -1.92. The molecule has 0 spiro atoms. The SMILES string of the molecule is FP1(F)=NP(F)(F)=NP(F)(Nc2ccc(-c3ccccc3)cc2)=N1. The van der Waals surface area contributed by atoms with Crippen LogP contribution in [0.25, 0.3) is 11.1 Å². The zero-order valence-corrected chi connectivity index (χ0v) is 14.5. The summed E-state index contributed by atoms with van der Waals surface area (Å²) in [6, 6.07) is 15.2. The molecule has 0 bridgehead atoms. The van der Waals surface area contributed by atoms with Gasteiger partial charge >= 0.3 is 23.3 Å². The molecule has 0 saturated heterocycles. The van der Waals surface area contributed by atoms with Gasteiger partial charge in [0, 0.05) is 5.69 Å². The lowest BCUT2D eigenvalue weighted by atomic mass is 10.1. The van der Waals surface area contributed by atoms with E-state index in [1.165, 1.54) is 12.1 Å². The Balaban J connectivity index is 1.91. The van der Waals surface area contributed by atoms with Crippen LogP contribution in [0.2, 0.25) is 0 Å². The molecular formula is C12H10F5N4P3. The fourth-order valence-electron chi connectivity index (χ4n) is 2.05. The smallest absolute Gasteiger partial charge is 0.310 e. The average molecular weight is 398 g/mol. The van der Waals surface area contributed by atoms with Crippen LogP contribution in [0.5, 0.6) is 0 Å². The van der Waals surface area contributed by atoms with E-state index in [2.05, 4.69) is 9.03 Å². The molecule has 3 rings (SSSR count). The van der Waals surface area contributed by atoms with Crippen LogP contribution in [0, 0.1) is 0 Å². The van der Waals surface area contributed by atoms with E-state index in [9.17, 15) is 21.0 Å². The summed E-state index contributed by atoms with van der Waals surface area (Å²) in [5.41, 5.74) is 1.74. The van der Waals surface area contributed by atoms with Crippen molar-refractivity contribution in [3.8, 4) is 11.1 Å². The zero-order valence-electron chi connectivity index (χ0n) is 11.8. The molecular weight excluding hydrogens is 388 g/mol. The highest BCUT2D eigenvalue weighted by atomic mass is 31.3. The van der Waals surface area contributed by atoms with Crippen molar-refractivity contribution in [1.82, 2.24) is 0 Å². The maximum absolute atomic E-state index is 14.4. The summed E-state index contributed by atoms with van der Waals surface area (Å²) in [5, 5.41) is 1.99. The van der Waals surface area contributed by atoms with Gasteiger partial charge in [0.25, 0.3) is 0 Å². The van der Waals surface area contributed by atoms with Gasteiger partial charge in [-0.3, -0.25) is 0 Å². The van der Waals surface area contributed by atoms with E-state index < -0.39 is 23.3 Å². The minimum absolute atomic E-state index is 0.0416. The molecule has 0 saturated carbocycles. The van der Waals surface area contributed by atoms with Crippen LogP contribution in [0.3, 0.4) is 0 Å². The van der Waals surface area contributed by atoms with Crippen molar-refractivity contribution in [3.63, 3.8) is 0 Å². The third-order valence-corrected chi connectivity index (χ3v) is 8.81. The van der Waals surface area contributed by atoms with Crippen molar-refractivity contribution >= 4 is 29.0 Å². The highest BCUT2D eigenvalue weighted by molar-refractivity contribution is 7.79. The average Bonchev–Trinajstić information content (AvgIpc) is 2.44. The molecule has 0 fully saturated rings. The monoisotopic (exact) mass is 398 g/mol. The maximum atomic E-state index is 14.4. The predicted octanol–water partition coefficient (Wildman–Crippen LogP) is 8.47. The molecule has 1 aliphatic rings. The Labute approximate surface area is 135 Å². The molecule has 4 nitrogen and oxygen atoms in total. The fraction of sp³-hybridized carbons (Fsp3) is 0. The Morgan fingerprint density at radius 2 is 1.17 bits per heavy atom. The summed E-state index contributed by atoms with van der Waals surface area (Å²) >= 11 is 0. The lowest BCUT2D eigenvalue weighted by molar-refractivity contribution is 0.697. The molecule has 24 heavy (non-hydrogen) atoms. The van der Waals surface area contributed by atoms with Crippen LogP contribution in [0.15, 0.2) is 68.1 Å². The van der Waals surface area contributed by atoms with Gasteiger partial charge in [-0.2, -0.15) is 4.20 Å². The number of rotatable bonds is 3. The van der Waals surface area contributed by atoms with E-state index in [4.69, 9.17) is 0 Å². The minimum Gasteiger partial charge on any atom is -0.310 e. The second-order valence-corrected chi connectivity index (χ2v) is 10.0. The van der Waals surface area contributed by atoms with E-state index in [1.54, 1.807) is 12.1 Å². The van der Waals surface area contributed by atoms with Crippen LogP contribution < -0.4 is 5.09 Å². The molecule has 0 aliphatic carbocycles. The normalized spacial score (nSPS) is 24.2. The van der Waals surface area contributed by atoms with Gasteiger partial charge < -0.3 is 5.09 Å². The zero-order chi connectivity index (χ0) is 17.4. The molecule has 1 aliphatic heterocycles. The summed E-state index contributed by atoms with van der Waals surface area (Å²) in [4.78, 5) is 0. The minimum atomic E-state index is -5.71. The Morgan fingerprint density at radius 3 is 1.75 bits per heavy atom. The second kappa shape index (κ2) is 6.14. The van der Waals surface area contributed by atoms with Gasteiger partial charge in [-0.05, 0) is 23.3 Å². The molecule has 1 unspecified atom stereocenters. The largest absolute Gasteiger partial charge is 0.424 e. The van der Waals surface area contributed by atoms with Crippen LogP contribution in [-0.4, -0.2) is 0 Å². The van der Waals surface area contributed by atoms with E-state index in [-0.39, 0.29) is 5.69 Å². The van der Waals surface area contributed by atoms with Crippen molar-refractivity contribution < 1.29 is 21.0 Å². The predicted molar refractivity (Wildman–Crippen MR) is 89.1 cm³/mol. The third kappa shape index (κ3) is 4.15. The summed E-state index contributed by atoms with van der Waals surface area (Å²) < 4.78 is 74.3. The molecule has 2 aromatic carbocycles. The van der Waals surface area contributed by atoms with Crippen LogP contribution >= 0.6 is 23.3 Å². The first-order chi connectivity index (χ1) is 11.2. The lowest BCUT2D eigenvalue weighted by Gasteiger charge is -2.18. The van der Waals surface area contributed by atoms with E-state index in [0.29, 0.717) is 0 Å². The first kappa shape index (κ1) is 17.4. The second-order valence-electron chi connectivity index (χ2n) is 4.76. The summed E-state index contributed by atoms with van der Waals surface area (Å²) in [6.45, 7) is 0. The molecule has 128 valence electrons. The first-order valence-corrected chi connectivity index (χ1v) is 11.0. The van der Waals surface area contributed by atoms with Crippen molar-refractivity contribution in [3.05, 3.63) is 54.6 Å². The van der Waals surface area contributed by atoms with Crippen molar-refractivity contribution in [2.24, 2.45) is 13.5 Å². The van der Waals surface area contributed by atoms with Gasteiger partial charge in [0.2, 0.25) is 0 Å². The molecule has 0 amide bonds. The van der Waals surface area contributed by atoms with Gasteiger partial charge in [-0.1, -0.05) is 42.5 Å². The molecule has 0 radical (unpaired) electrons. The van der Waals surface area contributed by atoms with Crippen molar-refractivity contribution in [1.29, 1.82) is 0 Å². The molecule has 0 aromatic heterocycles. The Hall–Kier alpha value is -1.42. The highest BCUT2D eigenvalue weighted by Gasteiger charge is 2.39. The summed E-state index contributed by atoms with van der Waals surface area (Å²) in [6.07, 6.45) is 0. The summed E-state index contributed by atoms with van der Waals surface area (Å²) in [5.74, 6) is 0. The van der Waals surface area contributed by atoms with Crippen molar-refractivity contribution in [2.75, 3.05) is 5.09 Å². The molecule has 12 heteroatoms. The number of hydrogen-bond acceptors (Lipinski definition) is 4. The number of benzene rings is 2. The Morgan fingerprint density at radius 1 is 0.625 bits per heavy atom. The van der Waals surface area contributed by atoms with Crippen molar-refractivity contribution in [2.45, 2.75) is 0 Å². The van der Waals surface area contributed by atoms with Crippen LogP contribution in [0.4, 0.5) is 26.7 Å². The van der Waals surface area contributed by atoms with Crippen LogP contribution in [0.1, 0.15) is 0 Å². The van der Waals surface area contributed by atoms with E-state index in [1.807, 2.05) is 39.9 Å². The number of halogens is 5. The quantitative estimate of drug-likeness (QED) is 0.409. The topological polar surface area (TPSA) is 49.1 Å². The van der Waals surface area contributed by atoms with Gasteiger partial charge in [-0.15, -0.1) is 30.3 Å². The number of anilines is 1. The third-order valence-electron chi connectivity index (χ3n) is 2.93. The number of nitrogens with zero attached hydrogens (tertiary/aromatic N) is 3. The Bertz CT molecular complexity index is 910. The number of hydrogen-bond donors (Lipinski definition) is 1. The van der Waals surface area contributed by atoms with Gasteiger partial charge in [0.05, 0.1) is 0 Å².